The fourth-order valence-electron chi connectivity index (χ4n) is 2.10. The zero-order valence-electron chi connectivity index (χ0n) is 9.56. The molecule has 0 atom stereocenters. The summed E-state index contributed by atoms with van der Waals surface area (Å²) in [5.74, 6) is 0.956. The Bertz CT molecular complexity index is 323. The lowest BCUT2D eigenvalue weighted by Crippen LogP contribution is -2.36. The van der Waals surface area contributed by atoms with Gasteiger partial charge in [0.2, 0.25) is 0 Å². The van der Waals surface area contributed by atoms with Gasteiger partial charge < -0.3 is 9.64 Å². The lowest BCUT2D eigenvalue weighted by atomic mass is 10.1. The van der Waals surface area contributed by atoms with Crippen molar-refractivity contribution in [3.05, 3.63) is 29.8 Å². The van der Waals surface area contributed by atoms with Crippen molar-refractivity contribution in [1.82, 2.24) is 0 Å². The first kappa shape index (κ1) is 11.8. The second-order valence-corrected chi connectivity index (χ2v) is 4.50. The maximum Gasteiger partial charge on any atom is 0.0642 e. The lowest BCUT2D eigenvalue weighted by molar-refractivity contribution is 0.122. The van der Waals surface area contributed by atoms with E-state index in [1.54, 1.807) is 0 Å². The van der Waals surface area contributed by atoms with E-state index in [1.165, 1.54) is 11.3 Å². The van der Waals surface area contributed by atoms with Crippen molar-refractivity contribution in [2.24, 2.45) is 0 Å². The van der Waals surface area contributed by atoms with Crippen molar-refractivity contribution < 1.29 is 4.74 Å². The third-order valence-electron chi connectivity index (χ3n) is 2.95. The number of morpholine rings is 1. The topological polar surface area (TPSA) is 12.5 Å². The maximum absolute atomic E-state index is 5.39. The van der Waals surface area contributed by atoms with Crippen LogP contribution in [0.2, 0.25) is 0 Å². The minimum atomic E-state index is 0.848. The summed E-state index contributed by atoms with van der Waals surface area (Å²) in [5.41, 5.74) is 2.83. The first-order valence-corrected chi connectivity index (χ1v) is 6.56. The van der Waals surface area contributed by atoms with Gasteiger partial charge in [0.15, 0.2) is 0 Å². The Morgan fingerprint density at radius 1 is 1.19 bits per heavy atom. The van der Waals surface area contributed by atoms with Crippen molar-refractivity contribution in [3.63, 3.8) is 0 Å². The van der Waals surface area contributed by atoms with Crippen LogP contribution in [0.4, 0.5) is 5.69 Å². The molecular formula is C13H19NOS. The number of rotatable bonds is 4. The summed E-state index contributed by atoms with van der Waals surface area (Å²) in [4.78, 5) is 2.43. The van der Waals surface area contributed by atoms with Gasteiger partial charge in [-0.25, -0.2) is 0 Å². The van der Waals surface area contributed by atoms with E-state index >= 15 is 0 Å². The molecule has 1 fully saturated rings. The zero-order chi connectivity index (χ0) is 11.2. The first-order valence-electron chi connectivity index (χ1n) is 5.93. The molecular weight excluding hydrogens is 218 g/mol. The van der Waals surface area contributed by atoms with Crippen LogP contribution in [0.25, 0.3) is 0 Å². The van der Waals surface area contributed by atoms with Gasteiger partial charge in [0.25, 0.3) is 0 Å². The molecule has 0 aromatic heterocycles. The molecule has 0 amide bonds. The second-order valence-electron chi connectivity index (χ2n) is 4.06. The number of nitrogens with zero attached hydrogens (tertiary/aromatic N) is 1. The summed E-state index contributed by atoms with van der Waals surface area (Å²) in [6.07, 6.45) is 2.27. The highest BCUT2D eigenvalue weighted by atomic mass is 32.1. The minimum Gasteiger partial charge on any atom is -0.378 e. The van der Waals surface area contributed by atoms with Crippen LogP contribution in [-0.4, -0.2) is 32.1 Å². The van der Waals surface area contributed by atoms with Crippen LogP contribution in [0.5, 0.6) is 0 Å². The van der Waals surface area contributed by atoms with Gasteiger partial charge >= 0.3 is 0 Å². The Morgan fingerprint density at radius 2 is 1.94 bits per heavy atom. The predicted molar refractivity (Wildman–Crippen MR) is 71.6 cm³/mol. The summed E-state index contributed by atoms with van der Waals surface area (Å²) in [6.45, 7) is 3.72. The van der Waals surface area contributed by atoms with E-state index in [0.717, 1.165) is 44.9 Å². The van der Waals surface area contributed by atoms with E-state index in [4.69, 9.17) is 4.74 Å². The van der Waals surface area contributed by atoms with Crippen LogP contribution in [0.1, 0.15) is 12.0 Å². The molecule has 2 rings (SSSR count). The third kappa shape index (κ3) is 2.92. The highest BCUT2D eigenvalue weighted by molar-refractivity contribution is 7.80. The van der Waals surface area contributed by atoms with Crippen LogP contribution in [0.15, 0.2) is 24.3 Å². The number of ether oxygens (including phenoxy) is 1. The highest BCUT2D eigenvalue weighted by Gasteiger charge is 2.13. The molecule has 16 heavy (non-hydrogen) atoms. The average molecular weight is 237 g/mol. The van der Waals surface area contributed by atoms with Gasteiger partial charge in [-0.1, -0.05) is 18.2 Å². The van der Waals surface area contributed by atoms with E-state index in [2.05, 4.69) is 41.8 Å². The van der Waals surface area contributed by atoms with E-state index < -0.39 is 0 Å². The molecule has 0 spiro atoms. The second kappa shape index (κ2) is 6.16. The van der Waals surface area contributed by atoms with Crippen LogP contribution in [-0.2, 0) is 11.2 Å². The largest absolute Gasteiger partial charge is 0.378 e. The number of benzene rings is 1. The molecule has 1 heterocycles. The fourth-order valence-corrected chi connectivity index (χ4v) is 2.26. The Balaban J connectivity index is 2.11. The van der Waals surface area contributed by atoms with E-state index in [1.807, 2.05) is 0 Å². The van der Waals surface area contributed by atoms with E-state index in [9.17, 15) is 0 Å². The number of aryl methyl sites for hydroxylation is 1. The van der Waals surface area contributed by atoms with Gasteiger partial charge in [0.1, 0.15) is 0 Å². The maximum atomic E-state index is 5.39. The summed E-state index contributed by atoms with van der Waals surface area (Å²) in [7, 11) is 0. The Kier molecular flexibility index (Phi) is 4.55. The van der Waals surface area contributed by atoms with Gasteiger partial charge in [0.05, 0.1) is 13.2 Å². The quantitative estimate of drug-likeness (QED) is 0.807. The number of anilines is 1. The summed E-state index contributed by atoms with van der Waals surface area (Å²) >= 11 is 4.28. The SMILES string of the molecule is SCCCc1ccccc1N1CCOCC1. The molecule has 1 aromatic rings. The molecule has 0 unspecified atom stereocenters. The number of para-hydroxylation sites is 1. The van der Waals surface area contributed by atoms with Gasteiger partial charge in [-0.2, -0.15) is 12.6 Å². The first-order chi connectivity index (χ1) is 7.92. The summed E-state index contributed by atoms with van der Waals surface area (Å²) < 4.78 is 5.39. The van der Waals surface area contributed by atoms with Crippen molar-refractivity contribution in [2.45, 2.75) is 12.8 Å². The molecule has 0 radical (unpaired) electrons. The average Bonchev–Trinajstić information content (AvgIpc) is 2.38. The van der Waals surface area contributed by atoms with Gasteiger partial charge in [-0.15, -0.1) is 0 Å². The van der Waals surface area contributed by atoms with Crippen molar-refractivity contribution >= 4 is 18.3 Å². The fraction of sp³-hybridized carbons (Fsp3) is 0.538. The van der Waals surface area contributed by atoms with Crippen molar-refractivity contribution in [2.75, 3.05) is 37.0 Å². The van der Waals surface area contributed by atoms with Crippen LogP contribution >= 0.6 is 12.6 Å². The summed E-state index contributed by atoms with van der Waals surface area (Å²) in [6, 6.07) is 8.69. The van der Waals surface area contributed by atoms with Crippen LogP contribution < -0.4 is 4.90 Å². The Hall–Kier alpha value is -0.670. The molecule has 88 valence electrons. The van der Waals surface area contributed by atoms with Crippen LogP contribution in [0.3, 0.4) is 0 Å². The summed E-state index contributed by atoms with van der Waals surface area (Å²) in [5, 5.41) is 0. The minimum absolute atomic E-state index is 0.848. The Labute approximate surface area is 103 Å². The molecule has 0 saturated carbocycles. The predicted octanol–water partition coefficient (Wildman–Crippen LogP) is 2.39. The normalized spacial score (nSPS) is 16.4. The number of thiol groups is 1. The van der Waals surface area contributed by atoms with E-state index in [0.29, 0.717) is 0 Å². The zero-order valence-corrected chi connectivity index (χ0v) is 10.5. The van der Waals surface area contributed by atoms with Crippen molar-refractivity contribution in [1.29, 1.82) is 0 Å². The highest BCUT2D eigenvalue weighted by Crippen LogP contribution is 2.22. The van der Waals surface area contributed by atoms with Gasteiger partial charge in [-0.05, 0) is 30.2 Å². The van der Waals surface area contributed by atoms with Gasteiger partial charge in [0, 0.05) is 18.8 Å². The third-order valence-corrected chi connectivity index (χ3v) is 3.26. The molecule has 0 N–H and O–H groups in total. The monoisotopic (exact) mass is 237 g/mol. The number of hydrogen-bond acceptors (Lipinski definition) is 3. The Morgan fingerprint density at radius 3 is 2.69 bits per heavy atom. The molecule has 2 nitrogen and oxygen atoms in total. The molecule has 1 aromatic carbocycles. The molecule has 0 aliphatic carbocycles. The standard InChI is InChI=1S/C13H19NOS/c16-11-3-5-12-4-1-2-6-13(12)14-7-9-15-10-8-14/h1-2,4,6,16H,3,5,7-11H2. The molecule has 0 bridgehead atoms. The molecule has 1 aliphatic heterocycles. The molecule has 1 saturated heterocycles. The lowest BCUT2D eigenvalue weighted by Gasteiger charge is -2.30. The smallest absolute Gasteiger partial charge is 0.0642 e. The van der Waals surface area contributed by atoms with Crippen LogP contribution in [0, 0.1) is 0 Å². The van der Waals surface area contributed by atoms with Crippen molar-refractivity contribution in [3.8, 4) is 0 Å². The van der Waals surface area contributed by atoms with E-state index in [-0.39, 0.29) is 0 Å². The number of hydrogen-bond donors (Lipinski definition) is 1. The molecule has 3 heteroatoms. The van der Waals surface area contributed by atoms with Gasteiger partial charge in [-0.3, -0.25) is 0 Å². The molecule has 1 aliphatic rings.